The van der Waals surface area contributed by atoms with Gasteiger partial charge >= 0.3 is 0 Å². The second-order valence-corrected chi connectivity index (χ2v) is 5.90. The SMILES string of the molecule is Cn1nc(CNCCOC2CCCCC2)c2ccccc21. The summed E-state index contributed by atoms with van der Waals surface area (Å²) >= 11 is 0. The molecule has 1 saturated carbocycles. The second-order valence-electron chi connectivity index (χ2n) is 5.90. The quantitative estimate of drug-likeness (QED) is 0.830. The van der Waals surface area contributed by atoms with Crippen molar-refractivity contribution in [2.45, 2.75) is 44.8 Å². The van der Waals surface area contributed by atoms with Crippen LogP contribution in [0.1, 0.15) is 37.8 Å². The predicted molar refractivity (Wildman–Crippen MR) is 85.2 cm³/mol. The summed E-state index contributed by atoms with van der Waals surface area (Å²) in [5, 5.41) is 9.27. The number of aryl methyl sites for hydroxylation is 1. The van der Waals surface area contributed by atoms with Crippen molar-refractivity contribution in [1.29, 1.82) is 0 Å². The first kappa shape index (κ1) is 14.5. The molecule has 2 aromatic rings. The molecule has 0 saturated heterocycles. The molecule has 4 nitrogen and oxygen atoms in total. The fourth-order valence-electron chi connectivity index (χ4n) is 3.16. The zero-order valence-corrected chi connectivity index (χ0v) is 12.8. The Morgan fingerprint density at radius 1 is 1.24 bits per heavy atom. The van der Waals surface area contributed by atoms with Crippen LogP contribution in [0, 0.1) is 0 Å². The van der Waals surface area contributed by atoms with Crippen LogP contribution in [0.4, 0.5) is 0 Å². The van der Waals surface area contributed by atoms with Gasteiger partial charge < -0.3 is 10.1 Å². The van der Waals surface area contributed by atoms with Gasteiger partial charge in [0.25, 0.3) is 0 Å². The second kappa shape index (κ2) is 7.05. The van der Waals surface area contributed by atoms with E-state index in [0.717, 1.165) is 25.4 Å². The van der Waals surface area contributed by atoms with Gasteiger partial charge in [0.05, 0.1) is 23.9 Å². The third-order valence-electron chi connectivity index (χ3n) is 4.31. The largest absolute Gasteiger partial charge is 0.377 e. The first-order valence-corrected chi connectivity index (χ1v) is 8.07. The number of nitrogens with zero attached hydrogens (tertiary/aromatic N) is 2. The van der Waals surface area contributed by atoms with Crippen molar-refractivity contribution in [3.8, 4) is 0 Å². The van der Waals surface area contributed by atoms with E-state index in [1.54, 1.807) is 0 Å². The number of hydrogen-bond donors (Lipinski definition) is 1. The van der Waals surface area contributed by atoms with Crippen LogP contribution in [0.5, 0.6) is 0 Å². The Balaban J connectivity index is 1.44. The van der Waals surface area contributed by atoms with Gasteiger partial charge in [-0.3, -0.25) is 4.68 Å². The number of fused-ring (bicyclic) bond motifs is 1. The Labute approximate surface area is 126 Å². The van der Waals surface area contributed by atoms with Crippen molar-refractivity contribution in [2.75, 3.05) is 13.2 Å². The number of hydrogen-bond acceptors (Lipinski definition) is 3. The fourth-order valence-corrected chi connectivity index (χ4v) is 3.16. The molecule has 1 heterocycles. The summed E-state index contributed by atoms with van der Waals surface area (Å²) in [5.41, 5.74) is 2.30. The minimum atomic E-state index is 0.497. The molecule has 1 N–H and O–H groups in total. The maximum Gasteiger partial charge on any atom is 0.0841 e. The smallest absolute Gasteiger partial charge is 0.0841 e. The van der Waals surface area contributed by atoms with Crippen molar-refractivity contribution in [2.24, 2.45) is 7.05 Å². The number of nitrogens with one attached hydrogen (secondary N) is 1. The average molecular weight is 287 g/mol. The lowest BCUT2D eigenvalue weighted by atomic mass is 9.98. The molecular weight excluding hydrogens is 262 g/mol. The van der Waals surface area contributed by atoms with Gasteiger partial charge in [-0.15, -0.1) is 0 Å². The van der Waals surface area contributed by atoms with Gasteiger partial charge in [-0.05, 0) is 18.9 Å². The highest BCUT2D eigenvalue weighted by atomic mass is 16.5. The zero-order valence-electron chi connectivity index (χ0n) is 12.8. The number of ether oxygens (including phenoxy) is 1. The number of rotatable bonds is 6. The first-order chi connectivity index (χ1) is 10.3. The van der Waals surface area contributed by atoms with Crippen molar-refractivity contribution >= 4 is 10.9 Å². The lowest BCUT2D eigenvalue weighted by Gasteiger charge is -2.21. The van der Waals surface area contributed by atoms with Gasteiger partial charge in [-0.1, -0.05) is 37.5 Å². The van der Waals surface area contributed by atoms with Crippen LogP contribution in [-0.4, -0.2) is 29.0 Å². The van der Waals surface area contributed by atoms with E-state index in [2.05, 4.69) is 34.7 Å². The Morgan fingerprint density at radius 2 is 2.05 bits per heavy atom. The minimum Gasteiger partial charge on any atom is -0.377 e. The molecule has 0 spiro atoms. The Kier molecular flexibility index (Phi) is 4.88. The summed E-state index contributed by atoms with van der Waals surface area (Å²) in [6.07, 6.45) is 7.02. The van der Waals surface area contributed by atoms with Gasteiger partial charge in [-0.25, -0.2) is 0 Å². The summed E-state index contributed by atoms with van der Waals surface area (Å²) in [6, 6.07) is 8.37. The summed E-state index contributed by atoms with van der Waals surface area (Å²) < 4.78 is 7.87. The number of aromatic nitrogens is 2. The molecule has 0 amide bonds. The van der Waals surface area contributed by atoms with Gasteiger partial charge in [-0.2, -0.15) is 5.10 Å². The van der Waals surface area contributed by atoms with Gasteiger partial charge in [0.1, 0.15) is 0 Å². The monoisotopic (exact) mass is 287 g/mol. The van der Waals surface area contributed by atoms with Crippen LogP contribution in [0.3, 0.4) is 0 Å². The fraction of sp³-hybridized carbons (Fsp3) is 0.588. The summed E-state index contributed by atoms with van der Waals surface area (Å²) in [5.74, 6) is 0. The summed E-state index contributed by atoms with van der Waals surface area (Å²) in [4.78, 5) is 0. The third-order valence-corrected chi connectivity index (χ3v) is 4.31. The van der Waals surface area contributed by atoms with Gasteiger partial charge in [0.2, 0.25) is 0 Å². The molecule has 0 aliphatic heterocycles. The normalized spacial score (nSPS) is 16.6. The molecule has 1 fully saturated rings. The van der Waals surface area contributed by atoms with Gasteiger partial charge in [0, 0.05) is 25.5 Å². The van der Waals surface area contributed by atoms with E-state index in [4.69, 9.17) is 4.74 Å². The van der Waals surface area contributed by atoms with Crippen molar-refractivity contribution in [3.05, 3.63) is 30.0 Å². The highest BCUT2D eigenvalue weighted by molar-refractivity contribution is 5.81. The van der Waals surface area contributed by atoms with Crippen molar-refractivity contribution in [3.63, 3.8) is 0 Å². The maximum atomic E-state index is 5.93. The molecule has 0 radical (unpaired) electrons. The molecule has 0 unspecified atom stereocenters. The van der Waals surface area contributed by atoms with E-state index in [1.807, 2.05) is 11.7 Å². The number of benzene rings is 1. The van der Waals surface area contributed by atoms with E-state index < -0.39 is 0 Å². The summed E-state index contributed by atoms with van der Waals surface area (Å²) in [7, 11) is 2.00. The lowest BCUT2D eigenvalue weighted by Crippen LogP contribution is -2.24. The Hall–Kier alpha value is -1.39. The van der Waals surface area contributed by atoms with E-state index in [9.17, 15) is 0 Å². The van der Waals surface area contributed by atoms with Gasteiger partial charge in [0.15, 0.2) is 0 Å². The molecule has 0 bridgehead atoms. The van der Waals surface area contributed by atoms with E-state index in [1.165, 1.54) is 43.0 Å². The minimum absolute atomic E-state index is 0.497. The first-order valence-electron chi connectivity index (χ1n) is 8.07. The molecule has 3 rings (SSSR count). The molecule has 1 aromatic carbocycles. The number of para-hydroxylation sites is 1. The van der Waals surface area contributed by atoms with E-state index in [0.29, 0.717) is 6.10 Å². The molecular formula is C17H25N3O. The molecule has 114 valence electrons. The van der Waals surface area contributed by atoms with Crippen molar-refractivity contribution in [1.82, 2.24) is 15.1 Å². The standard InChI is InChI=1S/C17H25N3O/c1-20-17-10-6-5-9-15(17)16(19-20)13-18-11-12-21-14-7-3-2-4-8-14/h5-6,9-10,14,18H,2-4,7-8,11-13H2,1H3. The lowest BCUT2D eigenvalue weighted by molar-refractivity contribution is 0.0302. The molecule has 1 aliphatic rings. The molecule has 1 aliphatic carbocycles. The third kappa shape index (κ3) is 3.63. The Bertz CT molecular complexity index is 572. The Morgan fingerprint density at radius 3 is 2.90 bits per heavy atom. The van der Waals surface area contributed by atoms with Crippen molar-refractivity contribution < 1.29 is 4.74 Å². The van der Waals surface area contributed by atoms with Crippen LogP contribution in [0.15, 0.2) is 24.3 Å². The van der Waals surface area contributed by atoms with Crippen LogP contribution in [0.25, 0.3) is 10.9 Å². The molecule has 4 heteroatoms. The highest BCUT2D eigenvalue weighted by Crippen LogP contribution is 2.20. The summed E-state index contributed by atoms with van der Waals surface area (Å²) in [6.45, 7) is 2.49. The average Bonchev–Trinajstić information content (AvgIpc) is 2.85. The molecule has 1 aromatic heterocycles. The predicted octanol–water partition coefficient (Wildman–Crippen LogP) is 3.01. The zero-order chi connectivity index (χ0) is 14.5. The van der Waals surface area contributed by atoms with Crippen LogP contribution in [0.2, 0.25) is 0 Å². The van der Waals surface area contributed by atoms with E-state index >= 15 is 0 Å². The highest BCUT2D eigenvalue weighted by Gasteiger charge is 2.13. The topological polar surface area (TPSA) is 39.1 Å². The van der Waals surface area contributed by atoms with Crippen LogP contribution >= 0.6 is 0 Å². The molecule has 0 atom stereocenters. The van der Waals surface area contributed by atoms with Crippen LogP contribution < -0.4 is 5.32 Å². The maximum absolute atomic E-state index is 5.93. The van der Waals surface area contributed by atoms with E-state index in [-0.39, 0.29) is 0 Å². The molecule has 21 heavy (non-hydrogen) atoms. The van der Waals surface area contributed by atoms with Crippen LogP contribution in [-0.2, 0) is 18.3 Å².